The number of hydrogen-bond acceptors (Lipinski definition) is 3. The zero-order valence-electron chi connectivity index (χ0n) is 10.3. The van der Waals surface area contributed by atoms with Gasteiger partial charge in [0, 0.05) is 5.57 Å². The summed E-state index contributed by atoms with van der Waals surface area (Å²) in [4.78, 5) is 10.6. The molecule has 0 amide bonds. The number of aromatic nitrogens is 2. The van der Waals surface area contributed by atoms with Crippen molar-refractivity contribution in [2.75, 3.05) is 0 Å². The smallest absolute Gasteiger partial charge is 0.359 e. The average Bonchev–Trinajstić information content (AvgIpc) is 2.70. The minimum absolute atomic E-state index is 0.167. The summed E-state index contributed by atoms with van der Waals surface area (Å²) in [6.07, 6.45) is 5.89. The number of nitrogens with zero attached hydrogens (tertiary/aromatic N) is 3. The molecule has 1 aromatic rings. The van der Waals surface area contributed by atoms with Crippen LogP contribution in [0.4, 0.5) is 4.39 Å². The highest BCUT2D eigenvalue weighted by molar-refractivity contribution is 5.85. The first-order valence-corrected chi connectivity index (χ1v) is 5.33. The minimum atomic E-state index is -1.41. The van der Waals surface area contributed by atoms with E-state index in [1.54, 1.807) is 25.2 Å². The van der Waals surface area contributed by atoms with Crippen molar-refractivity contribution >= 4 is 5.97 Å². The predicted octanol–water partition coefficient (Wildman–Crippen LogP) is 2.30. The molecule has 0 aliphatic heterocycles. The maximum atomic E-state index is 13.2. The molecule has 0 atom stereocenters. The van der Waals surface area contributed by atoms with Gasteiger partial charge >= 0.3 is 5.97 Å². The van der Waals surface area contributed by atoms with E-state index in [0.717, 1.165) is 10.9 Å². The second-order valence-corrected chi connectivity index (χ2v) is 3.81. The van der Waals surface area contributed by atoms with Crippen LogP contribution in [0.2, 0.25) is 0 Å². The van der Waals surface area contributed by atoms with Crippen molar-refractivity contribution in [1.82, 2.24) is 9.78 Å². The summed E-state index contributed by atoms with van der Waals surface area (Å²) in [7, 11) is 0. The summed E-state index contributed by atoms with van der Waals surface area (Å²) < 4.78 is 14.3. The summed E-state index contributed by atoms with van der Waals surface area (Å²) in [6, 6.07) is 1.96. The Morgan fingerprint density at radius 2 is 2.42 bits per heavy atom. The molecule has 5 nitrogen and oxygen atoms in total. The molecular formula is C13H12FN3O2. The normalized spacial score (nSPS) is 11.5. The van der Waals surface area contributed by atoms with E-state index in [1.807, 2.05) is 6.07 Å². The van der Waals surface area contributed by atoms with Gasteiger partial charge in [-0.05, 0) is 18.6 Å². The van der Waals surface area contributed by atoms with Gasteiger partial charge in [0.25, 0.3) is 0 Å². The van der Waals surface area contributed by atoms with Crippen LogP contribution in [0.3, 0.4) is 0 Å². The number of carbonyl (C=O) groups is 1. The summed E-state index contributed by atoms with van der Waals surface area (Å²) in [5.41, 5.74) is 0.528. The van der Waals surface area contributed by atoms with Crippen molar-refractivity contribution in [3.8, 4) is 6.07 Å². The van der Waals surface area contributed by atoms with Gasteiger partial charge in [-0.1, -0.05) is 18.7 Å². The van der Waals surface area contributed by atoms with Crippen molar-refractivity contribution in [2.45, 2.75) is 13.5 Å². The van der Waals surface area contributed by atoms with Gasteiger partial charge in [-0.2, -0.15) is 10.4 Å². The van der Waals surface area contributed by atoms with Crippen molar-refractivity contribution in [3.05, 3.63) is 53.7 Å². The Hall–Kier alpha value is -2.68. The zero-order chi connectivity index (χ0) is 14.4. The maximum absolute atomic E-state index is 13.2. The standard InChI is InChI=1S/C13H12FN3O2/c1-9(6-15)4-3-5-10(2)7-17-8-11(14)12(16-17)13(18)19/h3-5,8H,2,7H2,1H3,(H,18,19)/b5-3-,9-4+. The van der Waals surface area contributed by atoms with Gasteiger partial charge < -0.3 is 5.11 Å². The second kappa shape index (κ2) is 6.31. The Morgan fingerprint density at radius 1 is 1.74 bits per heavy atom. The molecule has 98 valence electrons. The Labute approximate surface area is 109 Å². The molecule has 1 heterocycles. The SMILES string of the molecule is C=C(/C=C\C=C(/C)C#N)Cn1cc(F)c(C(=O)O)n1. The maximum Gasteiger partial charge on any atom is 0.359 e. The fourth-order valence-electron chi connectivity index (χ4n) is 1.25. The lowest BCUT2D eigenvalue weighted by atomic mass is 10.2. The highest BCUT2D eigenvalue weighted by atomic mass is 19.1. The second-order valence-electron chi connectivity index (χ2n) is 3.81. The van der Waals surface area contributed by atoms with Gasteiger partial charge in [-0.25, -0.2) is 9.18 Å². The van der Waals surface area contributed by atoms with Crippen LogP contribution in [0.1, 0.15) is 17.4 Å². The quantitative estimate of drug-likeness (QED) is 0.651. The highest BCUT2D eigenvalue weighted by Gasteiger charge is 2.15. The number of nitriles is 1. The molecule has 0 aliphatic rings. The lowest BCUT2D eigenvalue weighted by Gasteiger charge is -1.99. The van der Waals surface area contributed by atoms with E-state index in [9.17, 15) is 9.18 Å². The van der Waals surface area contributed by atoms with E-state index in [-0.39, 0.29) is 6.54 Å². The lowest BCUT2D eigenvalue weighted by Crippen LogP contribution is -2.04. The summed E-state index contributed by atoms with van der Waals surface area (Å²) >= 11 is 0. The molecule has 1 aromatic heterocycles. The van der Waals surface area contributed by atoms with Gasteiger partial charge in [0.15, 0.2) is 5.82 Å². The zero-order valence-corrected chi connectivity index (χ0v) is 10.3. The first kappa shape index (κ1) is 14.4. The number of hydrogen-bond donors (Lipinski definition) is 1. The summed E-state index contributed by atoms with van der Waals surface area (Å²) in [6.45, 7) is 5.56. The minimum Gasteiger partial charge on any atom is -0.476 e. The van der Waals surface area contributed by atoms with Gasteiger partial charge in [0.2, 0.25) is 5.69 Å². The Bertz CT molecular complexity index is 606. The van der Waals surface area contributed by atoms with E-state index in [2.05, 4.69) is 11.7 Å². The fourth-order valence-corrected chi connectivity index (χ4v) is 1.25. The van der Waals surface area contributed by atoms with Crippen LogP contribution < -0.4 is 0 Å². The lowest BCUT2D eigenvalue weighted by molar-refractivity contribution is 0.0684. The Balaban J connectivity index is 2.71. The Morgan fingerprint density at radius 3 is 2.95 bits per heavy atom. The molecule has 0 saturated carbocycles. The van der Waals surface area contributed by atoms with Crippen LogP contribution in [0, 0.1) is 17.1 Å². The van der Waals surface area contributed by atoms with Gasteiger partial charge in [0.05, 0.1) is 18.8 Å². The third-order valence-corrected chi connectivity index (χ3v) is 2.14. The molecule has 0 aromatic carbocycles. The largest absolute Gasteiger partial charge is 0.476 e. The van der Waals surface area contributed by atoms with Crippen molar-refractivity contribution in [3.63, 3.8) is 0 Å². The monoisotopic (exact) mass is 261 g/mol. The average molecular weight is 261 g/mol. The third kappa shape index (κ3) is 4.24. The molecule has 6 heteroatoms. The van der Waals surface area contributed by atoms with Crippen LogP contribution in [0.5, 0.6) is 0 Å². The van der Waals surface area contributed by atoms with E-state index < -0.39 is 17.5 Å². The first-order valence-electron chi connectivity index (χ1n) is 5.33. The van der Waals surface area contributed by atoms with E-state index in [1.165, 1.54) is 0 Å². The topological polar surface area (TPSA) is 78.9 Å². The molecule has 0 aliphatic carbocycles. The molecule has 0 fully saturated rings. The van der Waals surface area contributed by atoms with Gasteiger partial charge in [-0.3, -0.25) is 4.68 Å². The summed E-state index contributed by atoms with van der Waals surface area (Å²) in [5, 5.41) is 20.8. The van der Waals surface area contributed by atoms with Crippen LogP contribution in [0.25, 0.3) is 0 Å². The highest BCUT2D eigenvalue weighted by Crippen LogP contribution is 2.07. The van der Waals surface area contributed by atoms with Crippen LogP contribution in [-0.2, 0) is 6.54 Å². The molecule has 1 N–H and O–H groups in total. The van der Waals surface area contributed by atoms with E-state index in [4.69, 9.17) is 10.4 Å². The van der Waals surface area contributed by atoms with Crippen LogP contribution >= 0.6 is 0 Å². The predicted molar refractivity (Wildman–Crippen MR) is 66.8 cm³/mol. The number of allylic oxidation sites excluding steroid dienone is 5. The first-order chi connectivity index (χ1) is 8.93. The van der Waals surface area contributed by atoms with Crippen LogP contribution in [-0.4, -0.2) is 20.9 Å². The molecule has 0 radical (unpaired) electrons. The molecular weight excluding hydrogens is 249 g/mol. The van der Waals surface area contributed by atoms with Crippen molar-refractivity contribution < 1.29 is 14.3 Å². The molecule has 0 unspecified atom stereocenters. The molecule has 0 spiro atoms. The number of rotatable bonds is 5. The number of aromatic carboxylic acids is 1. The van der Waals surface area contributed by atoms with Crippen molar-refractivity contribution in [2.24, 2.45) is 0 Å². The molecule has 0 saturated heterocycles. The van der Waals surface area contributed by atoms with Crippen molar-refractivity contribution in [1.29, 1.82) is 5.26 Å². The van der Waals surface area contributed by atoms with Crippen LogP contribution in [0.15, 0.2) is 42.2 Å². The number of carboxylic acids is 1. The third-order valence-electron chi connectivity index (χ3n) is 2.14. The molecule has 19 heavy (non-hydrogen) atoms. The van der Waals surface area contributed by atoms with E-state index in [0.29, 0.717) is 11.1 Å². The summed E-state index contributed by atoms with van der Waals surface area (Å²) in [5.74, 6) is -2.30. The van der Waals surface area contributed by atoms with Gasteiger partial charge in [0.1, 0.15) is 0 Å². The number of halogens is 1. The van der Waals surface area contributed by atoms with Gasteiger partial charge in [-0.15, -0.1) is 0 Å². The molecule has 1 rings (SSSR count). The van der Waals surface area contributed by atoms with E-state index >= 15 is 0 Å². The fraction of sp³-hybridized carbons (Fsp3) is 0.154. The number of carboxylic acid groups (broad SMARTS) is 1. The molecule has 0 bridgehead atoms. The Kier molecular flexibility index (Phi) is 4.77.